The van der Waals surface area contributed by atoms with Gasteiger partial charge in [0.05, 0.1) is 70.0 Å². The smallest absolute Gasteiger partial charge is 0.335 e. The van der Waals surface area contributed by atoms with Gasteiger partial charge in [0, 0.05) is 18.6 Å². The molecule has 0 aromatic carbocycles. The number of hydrogen-bond donors (Lipinski definition) is 8. The number of nitrogen functional groups attached to an aromatic ring is 1. The largest absolute Gasteiger partial charge is 0.414 e. The summed E-state index contributed by atoms with van der Waals surface area (Å²) in [6.45, 7) is 22.8. The highest BCUT2D eigenvalue weighted by atomic mass is 35.5. The van der Waals surface area contributed by atoms with Gasteiger partial charge in [0.25, 0.3) is 0 Å². The van der Waals surface area contributed by atoms with Crippen LogP contribution < -0.4 is 5.73 Å². The molecule has 0 bridgehead atoms. The molecule has 10 heterocycles. The summed E-state index contributed by atoms with van der Waals surface area (Å²) in [4.78, 5) is 24.8. The lowest BCUT2D eigenvalue weighted by atomic mass is 9.96. The molecule has 4 aliphatic rings. The van der Waals surface area contributed by atoms with Gasteiger partial charge >= 0.3 is 17.1 Å². The van der Waals surface area contributed by atoms with Gasteiger partial charge in [0.2, 0.25) is 0 Å². The molecule has 75 heavy (non-hydrogen) atoms. The first kappa shape index (κ1) is 58.5. The summed E-state index contributed by atoms with van der Waals surface area (Å²) >= 11 is 16.7. The van der Waals surface area contributed by atoms with Crippen LogP contribution in [0.4, 0.5) is 5.82 Å². The SMILES string of the molecule is CC(C)[Si]1(C(C)C)OC[C@H]2S[C@@H](n3ccc4c(Cl)ncnc43)[C@](C)(O)[C@@H]2O[Si](C(C)C)(C(C)C)O1.C[C@@]1(O)[C@H](O)[C@@H](CO)S[C@H]1n1ccc2c(Cl)ncnc21.C[C@@]1(O)[C@H](O)[C@@H](CO)S[C@H]1n1ccc2c(N)ncnc21. The fourth-order valence-electron chi connectivity index (χ4n) is 10.9. The monoisotopic (exact) mass is 1170 g/mol. The van der Waals surface area contributed by atoms with Crippen molar-refractivity contribution in [2.24, 2.45) is 0 Å². The Hall–Kier alpha value is -2.68. The zero-order chi connectivity index (χ0) is 54.9. The molecule has 0 spiro atoms. The number of aliphatic hydroxyl groups excluding tert-OH is 4. The molecule has 4 saturated heterocycles. The van der Waals surface area contributed by atoms with Gasteiger partial charge in [-0.1, -0.05) is 78.6 Å². The van der Waals surface area contributed by atoms with E-state index in [9.17, 15) is 35.7 Å². The molecule has 0 unspecified atom stereocenters. The van der Waals surface area contributed by atoms with E-state index in [0.29, 0.717) is 50.4 Å². The maximum atomic E-state index is 12.1. The van der Waals surface area contributed by atoms with Crippen molar-refractivity contribution < 1.29 is 48.7 Å². The third-order valence-electron chi connectivity index (χ3n) is 15.1. The number of anilines is 1. The van der Waals surface area contributed by atoms with Crippen LogP contribution >= 0.6 is 58.5 Å². The second-order valence-corrected chi connectivity index (χ2v) is 35.0. The van der Waals surface area contributed by atoms with E-state index in [1.165, 1.54) is 42.5 Å². The van der Waals surface area contributed by atoms with Crippen molar-refractivity contribution in [1.29, 1.82) is 0 Å². The third kappa shape index (κ3) is 10.2. The first-order chi connectivity index (χ1) is 35.2. The lowest BCUT2D eigenvalue weighted by molar-refractivity contribution is -0.0747. The van der Waals surface area contributed by atoms with Crippen LogP contribution in [0.15, 0.2) is 55.8 Å². The average molecular weight is 1170 g/mol. The molecular weight excluding hydrogens is 1100 g/mol. The second-order valence-electron chi connectivity index (χ2n) is 21.5. The molecular formula is C48H70Cl2N10O10S3Si2. The maximum absolute atomic E-state index is 12.1. The molecule has 20 nitrogen and oxygen atoms in total. The highest BCUT2D eigenvalue weighted by Gasteiger charge is 2.64. The summed E-state index contributed by atoms with van der Waals surface area (Å²) in [6, 6.07) is 5.46. The van der Waals surface area contributed by atoms with E-state index in [1.807, 2.05) is 23.8 Å². The Morgan fingerprint density at radius 3 is 1.40 bits per heavy atom. The summed E-state index contributed by atoms with van der Waals surface area (Å²) in [5.74, 6) is 0.371. The molecule has 10 rings (SSSR count). The number of rotatable bonds is 9. The Labute approximate surface area is 461 Å². The van der Waals surface area contributed by atoms with Crippen LogP contribution in [0.25, 0.3) is 33.1 Å². The van der Waals surface area contributed by atoms with E-state index in [4.69, 9.17) is 41.9 Å². The van der Waals surface area contributed by atoms with E-state index in [0.717, 1.165) is 5.39 Å². The molecule has 4 fully saturated rings. The third-order valence-corrected chi connectivity index (χ3v) is 31.1. The number of halogens is 2. The van der Waals surface area contributed by atoms with Crippen LogP contribution in [-0.4, -0.2) is 167 Å². The molecule has 6 aromatic heterocycles. The molecule has 12 atom stereocenters. The van der Waals surface area contributed by atoms with Crippen LogP contribution in [0.5, 0.6) is 0 Å². The Kier molecular flexibility index (Phi) is 17.2. The Morgan fingerprint density at radius 1 is 0.613 bits per heavy atom. The molecule has 4 aliphatic heterocycles. The number of thioether (sulfide) groups is 3. The summed E-state index contributed by atoms with van der Waals surface area (Å²) in [7, 11) is -5.45. The topological polar surface area (TPSA) is 287 Å². The maximum Gasteiger partial charge on any atom is 0.335 e. The van der Waals surface area contributed by atoms with Crippen molar-refractivity contribution in [2.75, 3.05) is 25.6 Å². The van der Waals surface area contributed by atoms with Crippen molar-refractivity contribution in [1.82, 2.24) is 43.6 Å². The van der Waals surface area contributed by atoms with Crippen LogP contribution in [0.3, 0.4) is 0 Å². The van der Waals surface area contributed by atoms with E-state index >= 15 is 0 Å². The standard InChI is InChI=1S/C24H40ClN3O4SSi2.C12H14ClN3O3S.C12H16N4O3S/c1-14(2)34(15(3)4)30-12-19-20(31-35(32-34,16(5)6)17(7)8)24(9,29)23(33-19)28-11-10-18-21(25)26-13-27-22(18)28;2*1-12(19)8(18)7(4-17)20-11(12)16-3-2-6-9(13)14-5-15-10(6)16/h10-11,13-17,19-20,23,29H,12H2,1-9H3;2-3,5,7-8,11,17-19H,4H2,1H3;2-3,5,7-8,11,17-19H,4H2,1H3,(H2,13,14,15)/t19-,20-,23-,24-;2*7-,8-,11-,12-/m111/s1. The predicted molar refractivity (Wildman–Crippen MR) is 300 cm³/mol. The number of aliphatic hydroxyl groups is 7. The van der Waals surface area contributed by atoms with Gasteiger partial charge in [-0.05, 0) is 61.1 Å². The number of aromatic nitrogens is 9. The normalized spacial score (nSPS) is 32.5. The van der Waals surface area contributed by atoms with Crippen molar-refractivity contribution in [3.63, 3.8) is 0 Å². The van der Waals surface area contributed by atoms with Crippen LogP contribution in [0.2, 0.25) is 32.5 Å². The minimum atomic E-state index is -2.83. The zero-order valence-electron chi connectivity index (χ0n) is 43.8. The van der Waals surface area contributed by atoms with Crippen molar-refractivity contribution >= 4 is 115 Å². The lowest BCUT2D eigenvalue weighted by Gasteiger charge is -2.52. The van der Waals surface area contributed by atoms with Gasteiger partial charge in [0.1, 0.15) is 85.0 Å². The van der Waals surface area contributed by atoms with Gasteiger partial charge < -0.3 is 68.1 Å². The minimum Gasteiger partial charge on any atom is -0.414 e. The number of nitrogens with two attached hydrogens (primary N) is 1. The Bertz CT molecular complexity index is 2840. The van der Waals surface area contributed by atoms with Crippen molar-refractivity contribution in [3.8, 4) is 0 Å². The Balaban J connectivity index is 0.000000159. The molecule has 0 radical (unpaired) electrons. The first-order valence-electron chi connectivity index (χ1n) is 24.9. The van der Waals surface area contributed by atoms with Gasteiger partial charge in [-0.25, -0.2) is 29.9 Å². The van der Waals surface area contributed by atoms with Crippen LogP contribution in [0.1, 0.15) is 92.3 Å². The molecule has 0 amide bonds. The second kappa shape index (κ2) is 22.1. The van der Waals surface area contributed by atoms with Gasteiger partial charge in [-0.3, -0.25) is 0 Å². The van der Waals surface area contributed by atoms with Crippen LogP contribution in [-0.2, 0) is 13.0 Å². The average Bonchev–Trinajstić information content (AvgIpc) is 4.19. The van der Waals surface area contributed by atoms with E-state index in [-0.39, 0.29) is 46.0 Å². The lowest BCUT2D eigenvalue weighted by Crippen LogP contribution is -2.66. The van der Waals surface area contributed by atoms with Crippen molar-refractivity contribution in [3.05, 3.63) is 66.1 Å². The van der Waals surface area contributed by atoms with E-state index < -0.39 is 73.5 Å². The minimum absolute atomic E-state index is 0.0394. The summed E-state index contributed by atoms with van der Waals surface area (Å²) in [5.41, 5.74) is 4.73. The number of nitrogens with zero attached hydrogens (tertiary/aromatic N) is 9. The van der Waals surface area contributed by atoms with E-state index in [2.05, 4.69) is 85.3 Å². The zero-order valence-corrected chi connectivity index (χ0v) is 49.7. The van der Waals surface area contributed by atoms with E-state index in [1.54, 1.807) is 59.3 Å². The Morgan fingerprint density at radius 2 is 1.00 bits per heavy atom. The molecule has 27 heteroatoms. The van der Waals surface area contributed by atoms with Gasteiger partial charge in [-0.15, -0.1) is 35.3 Å². The van der Waals surface area contributed by atoms with Gasteiger partial charge in [-0.2, -0.15) is 0 Å². The molecule has 6 aromatic rings. The van der Waals surface area contributed by atoms with Crippen molar-refractivity contribution in [2.45, 2.75) is 165 Å². The summed E-state index contributed by atoms with van der Waals surface area (Å²) in [5, 5.41) is 72.8. The fourth-order valence-corrected chi connectivity index (χ4v) is 27.6. The number of fused-ring (bicyclic) bond motifs is 4. The summed E-state index contributed by atoms with van der Waals surface area (Å²) in [6.07, 6.45) is 7.17. The highest BCUT2D eigenvalue weighted by Crippen LogP contribution is 2.56. The fraction of sp³-hybridized carbons (Fsp3) is 0.625. The molecule has 412 valence electrons. The molecule has 9 N–H and O–H groups in total. The molecule has 0 aliphatic carbocycles. The van der Waals surface area contributed by atoms with Crippen LogP contribution in [0, 0.1) is 0 Å². The molecule has 0 saturated carbocycles. The predicted octanol–water partition coefficient (Wildman–Crippen LogP) is 6.94. The highest BCUT2D eigenvalue weighted by molar-refractivity contribution is 8.00. The first-order valence-corrected chi connectivity index (χ1v) is 32.5. The number of hydrogen-bond acceptors (Lipinski definition) is 20. The quantitative estimate of drug-likeness (QED) is 0.0537. The van der Waals surface area contributed by atoms with Gasteiger partial charge in [0.15, 0.2) is 0 Å². The summed E-state index contributed by atoms with van der Waals surface area (Å²) < 4.78 is 26.9.